The van der Waals surface area contributed by atoms with Gasteiger partial charge < -0.3 is 9.64 Å². The van der Waals surface area contributed by atoms with E-state index >= 15 is 0 Å². The normalized spacial score (nSPS) is 10.0. The first kappa shape index (κ1) is 12.8. The number of hydrogen-bond acceptors (Lipinski definition) is 3. The maximum atomic E-state index is 11.3. The molecule has 16 heavy (non-hydrogen) atoms. The lowest BCUT2D eigenvalue weighted by molar-refractivity contribution is -0.141. The molecular weight excluding hydrogens is 226 g/mol. The highest BCUT2D eigenvalue weighted by atomic mass is 35.5. The quantitative estimate of drug-likeness (QED) is 0.759. The van der Waals surface area contributed by atoms with Gasteiger partial charge in [-0.15, -0.1) is 0 Å². The molecule has 0 heterocycles. The highest BCUT2D eigenvalue weighted by Gasteiger charge is 2.10. The van der Waals surface area contributed by atoms with Gasteiger partial charge in [0.1, 0.15) is 6.54 Å². The number of hydrogen-bond donors (Lipinski definition) is 0. The van der Waals surface area contributed by atoms with Gasteiger partial charge in [-0.3, -0.25) is 4.79 Å². The fourth-order valence-corrected chi connectivity index (χ4v) is 1.79. The van der Waals surface area contributed by atoms with E-state index < -0.39 is 0 Å². The maximum absolute atomic E-state index is 11.3. The van der Waals surface area contributed by atoms with Gasteiger partial charge in [0.25, 0.3) is 0 Å². The van der Waals surface area contributed by atoms with E-state index in [1.54, 1.807) is 11.8 Å². The van der Waals surface area contributed by atoms with E-state index in [4.69, 9.17) is 16.3 Å². The van der Waals surface area contributed by atoms with Crippen molar-refractivity contribution in [1.29, 1.82) is 0 Å². The molecule has 88 valence electrons. The molecule has 0 atom stereocenters. The lowest BCUT2D eigenvalue weighted by Gasteiger charge is -2.19. The van der Waals surface area contributed by atoms with Crippen molar-refractivity contribution in [2.75, 3.05) is 25.1 Å². The van der Waals surface area contributed by atoms with Gasteiger partial charge in [-0.25, -0.2) is 0 Å². The molecule has 1 rings (SSSR count). The number of nitrogens with zero attached hydrogens (tertiary/aromatic N) is 1. The van der Waals surface area contributed by atoms with Crippen molar-refractivity contribution in [3.63, 3.8) is 0 Å². The molecule has 0 aliphatic carbocycles. The Kier molecular flexibility index (Phi) is 4.62. The summed E-state index contributed by atoms with van der Waals surface area (Å²) in [6.07, 6.45) is 0. The van der Waals surface area contributed by atoms with Crippen LogP contribution in [-0.2, 0) is 9.53 Å². The number of ether oxygens (including phenoxy) is 1. The third-order valence-electron chi connectivity index (χ3n) is 2.19. The lowest BCUT2D eigenvalue weighted by atomic mass is 10.2. The summed E-state index contributed by atoms with van der Waals surface area (Å²) < 4.78 is 4.87. The van der Waals surface area contributed by atoms with Crippen LogP contribution in [0.4, 0.5) is 5.69 Å². The molecule has 1 aromatic rings. The second kappa shape index (κ2) is 5.75. The zero-order valence-corrected chi connectivity index (χ0v) is 10.5. The van der Waals surface area contributed by atoms with Crippen LogP contribution >= 0.6 is 11.6 Å². The molecule has 0 saturated carbocycles. The van der Waals surface area contributed by atoms with E-state index in [0.717, 1.165) is 11.3 Å². The van der Waals surface area contributed by atoms with Crippen molar-refractivity contribution >= 4 is 23.3 Å². The standard InChI is InChI=1S/C12H16ClNO2/c1-4-16-12(15)8-14(3)11-6-5-9(2)7-10(11)13/h5-7H,4,8H2,1-3H3. The Morgan fingerprint density at radius 1 is 1.50 bits per heavy atom. The molecule has 4 heteroatoms. The zero-order chi connectivity index (χ0) is 12.1. The molecule has 0 radical (unpaired) electrons. The number of carbonyl (C=O) groups is 1. The number of esters is 1. The van der Waals surface area contributed by atoms with E-state index in [-0.39, 0.29) is 12.5 Å². The van der Waals surface area contributed by atoms with Crippen LogP contribution < -0.4 is 4.90 Å². The average Bonchev–Trinajstić information content (AvgIpc) is 2.17. The zero-order valence-electron chi connectivity index (χ0n) is 9.79. The minimum atomic E-state index is -0.248. The van der Waals surface area contributed by atoms with Crippen LogP contribution in [0.15, 0.2) is 18.2 Å². The highest BCUT2D eigenvalue weighted by molar-refractivity contribution is 6.33. The monoisotopic (exact) mass is 241 g/mol. The lowest BCUT2D eigenvalue weighted by Crippen LogP contribution is -2.27. The number of carbonyl (C=O) groups excluding carboxylic acids is 1. The molecule has 3 nitrogen and oxygen atoms in total. The van der Waals surface area contributed by atoms with E-state index in [1.807, 2.05) is 32.2 Å². The maximum Gasteiger partial charge on any atom is 0.325 e. The van der Waals surface area contributed by atoms with E-state index in [9.17, 15) is 4.79 Å². The van der Waals surface area contributed by atoms with Crippen LogP contribution in [0, 0.1) is 6.92 Å². The summed E-state index contributed by atoms with van der Waals surface area (Å²) in [5, 5.41) is 0.645. The van der Waals surface area contributed by atoms with Crippen LogP contribution in [0.2, 0.25) is 5.02 Å². The molecule has 0 amide bonds. The van der Waals surface area contributed by atoms with E-state index in [1.165, 1.54) is 0 Å². The summed E-state index contributed by atoms with van der Waals surface area (Å²) in [5.74, 6) is -0.248. The van der Waals surface area contributed by atoms with E-state index in [0.29, 0.717) is 11.6 Å². The molecule has 0 aromatic heterocycles. The van der Waals surface area contributed by atoms with Gasteiger partial charge in [-0.1, -0.05) is 17.7 Å². The largest absolute Gasteiger partial charge is 0.465 e. The fourth-order valence-electron chi connectivity index (χ4n) is 1.41. The summed E-state index contributed by atoms with van der Waals surface area (Å²) in [5.41, 5.74) is 1.93. The molecule has 0 aliphatic rings. The molecule has 0 unspecified atom stereocenters. The molecule has 0 bridgehead atoms. The average molecular weight is 242 g/mol. The summed E-state index contributed by atoms with van der Waals surface area (Å²) in [6.45, 7) is 4.36. The Bertz CT molecular complexity index is 379. The third kappa shape index (κ3) is 3.42. The molecule has 0 N–H and O–H groups in total. The Balaban J connectivity index is 2.72. The SMILES string of the molecule is CCOC(=O)CN(C)c1ccc(C)cc1Cl. The summed E-state index contributed by atoms with van der Waals surface area (Å²) >= 11 is 6.09. The minimum Gasteiger partial charge on any atom is -0.465 e. The summed E-state index contributed by atoms with van der Waals surface area (Å²) in [6, 6.07) is 5.73. The molecule has 0 aliphatic heterocycles. The van der Waals surface area contributed by atoms with Gasteiger partial charge in [-0.05, 0) is 31.5 Å². The van der Waals surface area contributed by atoms with Gasteiger partial charge in [0.05, 0.1) is 17.3 Å². The number of anilines is 1. The molecule has 1 aromatic carbocycles. The number of benzene rings is 1. The van der Waals surface area contributed by atoms with Gasteiger partial charge in [0.2, 0.25) is 0 Å². The molecule has 0 spiro atoms. The van der Waals surface area contributed by atoms with Crippen LogP contribution in [0.3, 0.4) is 0 Å². The minimum absolute atomic E-state index is 0.205. The summed E-state index contributed by atoms with van der Waals surface area (Å²) in [4.78, 5) is 13.1. The van der Waals surface area contributed by atoms with Crippen LogP contribution in [0.5, 0.6) is 0 Å². The second-order valence-electron chi connectivity index (χ2n) is 3.62. The number of halogens is 1. The van der Waals surface area contributed by atoms with Crippen LogP contribution in [-0.4, -0.2) is 26.2 Å². The first-order valence-corrected chi connectivity index (χ1v) is 5.55. The van der Waals surface area contributed by atoms with Crippen LogP contribution in [0.1, 0.15) is 12.5 Å². The third-order valence-corrected chi connectivity index (χ3v) is 2.49. The van der Waals surface area contributed by atoms with E-state index in [2.05, 4.69) is 0 Å². The number of likely N-dealkylation sites (N-methyl/N-ethyl adjacent to an activating group) is 1. The van der Waals surface area contributed by atoms with Crippen molar-refractivity contribution < 1.29 is 9.53 Å². The smallest absolute Gasteiger partial charge is 0.325 e. The molecule has 0 saturated heterocycles. The topological polar surface area (TPSA) is 29.5 Å². The van der Waals surface area contributed by atoms with Crippen molar-refractivity contribution in [2.45, 2.75) is 13.8 Å². The molecular formula is C12H16ClNO2. The fraction of sp³-hybridized carbons (Fsp3) is 0.417. The number of rotatable bonds is 4. The van der Waals surface area contributed by atoms with Crippen molar-refractivity contribution in [2.24, 2.45) is 0 Å². The van der Waals surface area contributed by atoms with Gasteiger partial charge >= 0.3 is 5.97 Å². The van der Waals surface area contributed by atoms with Gasteiger partial charge in [0, 0.05) is 7.05 Å². The number of aryl methyl sites for hydroxylation is 1. The predicted molar refractivity (Wildman–Crippen MR) is 66.1 cm³/mol. The molecule has 0 fully saturated rings. The Hall–Kier alpha value is -1.22. The van der Waals surface area contributed by atoms with Gasteiger partial charge in [0.15, 0.2) is 0 Å². The predicted octanol–water partition coefficient (Wildman–Crippen LogP) is 2.65. The van der Waals surface area contributed by atoms with Gasteiger partial charge in [-0.2, -0.15) is 0 Å². The van der Waals surface area contributed by atoms with Crippen molar-refractivity contribution in [3.8, 4) is 0 Å². The Morgan fingerprint density at radius 3 is 2.75 bits per heavy atom. The van der Waals surface area contributed by atoms with Crippen LogP contribution in [0.25, 0.3) is 0 Å². The first-order chi connectivity index (χ1) is 7.54. The van der Waals surface area contributed by atoms with Crippen molar-refractivity contribution in [3.05, 3.63) is 28.8 Å². The highest BCUT2D eigenvalue weighted by Crippen LogP contribution is 2.25. The Morgan fingerprint density at radius 2 is 2.19 bits per heavy atom. The first-order valence-electron chi connectivity index (χ1n) is 5.17. The Labute approximate surface area is 101 Å². The second-order valence-corrected chi connectivity index (χ2v) is 4.02. The summed E-state index contributed by atoms with van der Waals surface area (Å²) in [7, 11) is 1.81. The van der Waals surface area contributed by atoms with Crippen molar-refractivity contribution in [1.82, 2.24) is 0 Å².